The molecule has 1 aromatic rings. The molecule has 2 fully saturated rings. The van der Waals surface area contributed by atoms with Crippen LogP contribution in [-0.4, -0.2) is 81.3 Å². The normalized spacial score (nSPS) is 20.4. The summed E-state index contributed by atoms with van der Waals surface area (Å²) in [5, 5.41) is 3.45. The van der Waals surface area contributed by atoms with E-state index in [-0.39, 0.29) is 12.0 Å². The van der Waals surface area contributed by atoms with Crippen LogP contribution in [0.1, 0.15) is 24.8 Å². The van der Waals surface area contributed by atoms with Gasteiger partial charge in [-0.3, -0.25) is 9.79 Å². The van der Waals surface area contributed by atoms with Gasteiger partial charge in [-0.25, -0.2) is 0 Å². The Balaban J connectivity index is 1.37. The molecule has 0 saturated carbocycles. The van der Waals surface area contributed by atoms with Crippen molar-refractivity contribution in [3.8, 4) is 5.75 Å². The third-order valence-electron chi connectivity index (χ3n) is 5.39. The van der Waals surface area contributed by atoms with Crippen LogP contribution in [0.5, 0.6) is 5.75 Å². The molecule has 154 valence electrons. The predicted octanol–water partition coefficient (Wildman–Crippen LogP) is 1.53. The summed E-state index contributed by atoms with van der Waals surface area (Å²) in [6.07, 6.45) is 3.67. The molecule has 0 aliphatic carbocycles. The Hall–Kier alpha value is -2.28. The third kappa shape index (κ3) is 5.38. The minimum Gasteiger partial charge on any atom is -0.497 e. The van der Waals surface area contributed by atoms with Crippen molar-refractivity contribution in [1.29, 1.82) is 0 Å². The number of ether oxygens (including phenoxy) is 2. The van der Waals surface area contributed by atoms with Crippen molar-refractivity contribution >= 4 is 11.9 Å². The van der Waals surface area contributed by atoms with Crippen LogP contribution in [0.2, 0.25) is 0 Å². The van der Waals surface area contributed by atoms with Gasteiger partial charge in [0.25, 0.3) is 5.91 Å². The van der Waals surface area contributed by atoms with Crippen molar-refractivity contribution in [2.45, 2.75) is 31.8 Å². The number of aliphatic imine (C=N–C) groups is 1. The smallest absolute Gasteiger partial charge is 0.251 e. The van der Waals surface area contributed by atoms with Gasteiger partial charge in [0.1, 0.15) is 11.9 Å². The van der Waals surface area contributed by atoms with Crippen molar-refractivity contribution in [3.63, 3.8) is 0 Å². The standard InChI is InChI=1S/C21H32N4O3/c1-22-21(23-11-3-5-17-7-9-18(27-2)10-8-17)25-14-12-24(13-15-25)20(26)19-6-4-16-28-19/h7-10,19H,3-6,11-16H2,1-2H3,(H,22,23). The van der Waals surface area contributed by atoms with Crippen LogP contribution < -0.4 is 10.1 Å². The highest BCUT2D eigenvalue weighted by Crippen LogP contribution is 2.16. The fourth-order valence-corrected chi connectivity index (χ4v) is 3.73. The van der Waals surface area contributed by atoms with Gasteiger partial charge in [0, 0.05) is 46.4 Å². The Morgan fingerprint density at radius 3 is 2.54 bits per heavy atom. The van der Waals surface area contributed by atoms with E-state index < -0.39 is 0 Å². The van der Waals surface area contributed by atoms with Crippen molar-refractivity contribution < 1.29 is 14.3 Å². The fourth-order valence-electron chi connectivity index (χ4n) is 3.73. The Kier molecular flexibility index (Phi) is 7.54. The van der Waals surface area contributed by atoms with Crippen molar-refractivity contribution in [1.82, 2.24) is 15.1 Å². The van der Waals surface area contributed by atoms with Crippen LogP contribution >= 0.6 is 0 Å². The summed E-state index contributed by atoms with van der Waals surface area (Å²) in [6, 6.07) is 8.22. The minimum absolute atomic E-state index is 0.152. The van der Waals surface area contributed by atoms with Gasteiger partial charge < -0.3 is 24.6 Å². The Morgan fingerprint density at radius 2 is 1.93 bits per heavy atom. The van der Waals surface area contributed by atoms with Gasteiger partial charge in [0.15, 0.2) is 5.96 Å². The Labute approximate surface area is 167 Å². The maximum Gasteiger partial charge on any atom is 0.251 e. The van der Waals surface area contributed by atoms with Crippen LogP contribution in [0, 0.1) is 0 Å². The molecule has 2 aliphatic rings. The number of hydrogen-bond donors (Lipinski definition) is 1. The van der Waals surface area contributed by atoms with Gasteiger partial charge >= 0.3 is 0 Å². The van der Waals surface area contributed by atoms with Crippen LogP contribution in [-0.2, 0) is 16.0 Å². The van der Waals surface area contributed by atoms with Crippen molar-refractivity contribution in [3.05, 3.63) is 29.8 Å². The summed E-state index contributed by atoms with van der Waals surface area (Å²) in [5.41, 5.74) is 1.30. The van der Waals surface area contributed by atoms with E-state index in [4.69, 9.17) is 9.47 Å². The second-order valence-corrected chi connectivity index (χ2v) is 7.24. The van der Waals surface area contributed by atoms with E-state index >= 15 is 0 Å². The largest absolute Gasteiger partial charge is 0.497 e. The molecule has 1 unspecified atom stereocenters. The number of carbonyl (C=O) groups is 1. The van der Waals surface area contributed by atoms with Gasteiger partial charge in [-0.1, -0.05) is 12.1 Å². The molecule has 2 aliphatic heterocycles. The zero-order chi connectivity index (χ0) is 19.8. The number of piperazine rings is 1. The lowest BCUT2D eigenvalue weighted by Crippen LogP contribution is -2.55. The number of guanidine groups is 1. The summed E-state index contributed by atoms with van der Waals surface area (Å²) in [7, 11) is 3.50. The average molecular weight is 389 g/mol. The molecule has 3 rings (SSSR count). The molecule has 28 heavy (non-hydrogen) atoms. The van der Waals surface area contributed by atoms with Crippen LogP contribution in [0.4, 0.5) is 0 Å². The van der Waals surface area contributed by atoms with Crippen molar-refractivity contribution in [2.24, 2.45) is 4.99 Å². The average Bonchev–Trinajstić information content (AvgIpc) is 3.29. The maximum absolute atomic E-state index is 12.5. The SMILES string of the molecule is CN=C(NCCCc1ccc(OC)cc1)N1CCN(C(=O)C2CCCO2)CC1. The number of hydrogen-bond acceptors (Lipinski definition) is 4. The zero-order valence-corrected chi connectivity index (χ0v) is 17.0. The predicted molar refractivity (Wildman–Crippen MR) is 110 cm³/mol. The monoisotopic (exact) mass is 388 g/mol. The van der Waals surface area contributed by atoms with Gasteiger partial charge in [0.05, 0.1) is 7.11 Å². The summed E-state index contributed by atoms with van der Waals surface area (Å²) in [6.45, 7) is 4.64. The van der Waals surface area contributed by atoms with Gasteiger partial charge in [-0.15, -0.1) is 0 Å². The second-order valence-electron chi connectivity index (χ2n) is 7.24. The number of benzene rings is 1. The number of nitrogens with one attached hydrogen (secondary N) is 1. The van der Waals surface area contributed by atoms with Gasteiger partial charge in [-0.05, 0) is 43.4 Å². The molecular weight excluding hydrogens is 356 g/mol. The number of methoxy groups -OCH3 is 1. The van der Waals surface area contributed by atoms with E-state index in [1.54, 1.807) is 7.11 Å². The summed E-state index contributed by atoms with van der Waals surface area (Å²) < 4.78 is 10.7. The molecule has 0 aromatic heterocycles. The summed E-state index contributed by atoms with van der Waals surface area (Å²) >= 11 is 0. The first kappa shape index (κ1) is 20.5. The second kappa shape index (κ2) is 10.3. The quantitative estimate of drug-likeness (QED) is 0.455. The highest BCUT2D eigenvalue weighted by Gasteiger charge is 2.30. The first-order chi connectivity index (χ1) is 13.7. The van der Waals surface area contributed by atoms with E-state index in [1.165, 1.54) is 5.56 Å². The fraction of sp³-hybridized carbons (Fsp3) is 0.619. The summed E-state index contributed by atoms with van der Waals surface area (Å²) in [4.78, 5) is 21.0. The molecule has 1 aromatic carbocycles. The molecule has 7 nitrogen and oxygen atoms in total. The zero-order valence-electron chi connectivity index (χ0n) is 17.0. The lowest BCUT2D eigenvalue weighted by molar-refractivity contribution is -0.142. The highest BCUT2D eigenvalue weighted by molar-refractivity contribution is 5.82. The lowest BCUT2D eigenvalue weighted by atomic mass is 10.1. The van der Waals surface area contributed by atoms with Crippen LogP contribution in [0.15, 0.2) is 29.3 Å². The first-order valence-corrected chi connectivity index (χ1v) is 10.2. The van der Waals surface area contributed by atoms with Gasteiger partial charge in [-0.2, -0.15) is 0 Å². The third-order valence-corrected chi connectivity index (χ3v) is 5.39. The molecule has 7 heteroatoms. The number of nitrogens with zero attached hydrogens (tertiary/aromatic N) is 3. The maximum atomic E-state index is 12.5. The van der Waals surface area contributed by atoms with E-state index in [2.05, 4.69) is 27.3 Å². The van der Waals surface area contributed by atoms with E-state index in [0.29, 0.717) is 6.61 Å². The molecule has 1 N–H and O–H groups in total. The number of rotatable bonds is 6. The molecule has 2 saturated heterocycles. The molecule has 1 atom stereocenters. The Morgan fingerprint density at radius 1 is 1.21 bits per heavy atom. The minimum atomic E-state index is -0.220. The molecule has 0 bridgehead atoms. The Bertz CT molecular complexity index is 648. The number of amides is 1. The molecule has 2 heterocycles. The first-order valence-electron chi connectivity index (χ1n) is 10.2. The molecule has 1 amide bonds. The van der Waals surface area contributed by atoms with Crippen molar-refractivity contribution in [2.75, 3.05) is 53.5 Å². The van der Waals surface area contributed by atoms with E-state index in [1.807, 2.05) is 24.1 Å². The highest BCUT2D eigenvalue weighted by atomic mass is 16.5. The molecular formula is C21H32N4O3. The van der Waals surface area contributed by atoms with Crippen LogP contribution in [0.25, 0.3) is 0 Å². The van der Waals surface area contributed by atoms with E-state index in [0.717, 1.165) is 70.1 Å². The lowest BCUT2D eigenvalue weighted by Gasteiger charge is -2.37. The van der Waals surface area contributed by atoms with Gasteiger partial charge in [0.2, 0.25) is 0 Å². The molecule has 0 radical (unpaired) electrons. The molecule has 0 spiro atoms. The topological polar surface area (TPSA) is 66.4 Å². The van der Waals surface area contributed by atoms with Crippen LogP contribution in [0.3, 0.4) is 0 Å². The van der Waals surface area contributed by atoms with E-state index in [9.17, 15) is 4.79 Å². The summed E-state index contributed by atoms with van der Waals surface area (Å²) in [5.74, 6) is 1.96. The number of carbonyl (C=O) groups excluding carboxylic acids is 1. The number of aryl methyl sites for hydroxylation is 1.